The minimum atomic E-state index is 0.462. The molecule has 0 heterocycles. The fraction of sp³-hybridized carbons (Fsp3) is 0.625. The zero-order valence-electron chi connectivity index (χ0n) is 13.2. The summed E-state index contributed by atoms with van der Waals surface area (Å²) in [5.41, 5.74) is 8.04. The highest BCUT2D eigenvalue weighted by molar-refractivity contribution is 5.74. The first kappa shape index (κ1) is 16.6. The molecule has 2 N–H and O–H groups in total. The third kappa shape index (κ3) is 4.04. The zero-order chi connectivity index (χ0) is 15.0. The number of nitrogen functional groups attached to an aromatic ring is 1. The van der Waals surface area contributed by atoms with Crippen LogP contribution in [-0.4, -0.2) is 32.9 Å². The number of rotatable bonds is 9. The van der Waals surface area contributed by atoms with Gasteiger partial charge in [0, 0.05) is 19.7 Å². The highest BCUT2D eigenvalue weighted by atomic mass is 16.5. The normalized spacial score (nSPS) is 10.8. The van der Waals surface area contributed by atoms with Crippen molar-refractivity contribution in [2.24, 2.45) is 0 Å². The van der Waals surface area contributed by atoms with Gasteiger partial charge in [-0.05, 0) is 31.9 Å². The Hall–Kier alpha value is -1.42. The molecule has 4 heteroatoms. The number of methoxy groups -OCH3 is 1. The second kappa shape index (κ2) is 8.69. The van der Waals surface area contributed by atoms with Gasteiger partial charge in [-0.2, -0.15) is 0 Å². The van der Waals surface area contributed by atoms with Crippen molar-refractivity contribution in [2.45, 2.75) is 39.7 Å². The number of nitrogens with two attached hydrogens (primary N) is 1. The standard InChI is InChI=1S/C16H28N2O2/c1-5-13(6-2)18(11-12-19-4)14-9-8-10-15(16(14)17)20-7-3/h8-10,13H,5-7,11-12,17H2,1-4H3. The van der Waals surface area contributed by atoms with Crippen LogP contribution in [0.15, 0.2) is 18.2 Å². The smallest absolute Gasteiger partial charge is 0.144 e. The quantitative estimate of drug-likeness (QED) is 0.705. The molecule has 0 aromatic heterocycles. The Morgan fingerprint density at radius 2 is 1.90 bits per heavy atom. The van der Waals surface area contributed by atoms with Crippen molar-refractivity contribution in [3.8, 4) is 5.75 Å². The predicted octanol–water partition coefficient (Wildman–Crippen LogP) is 3.31. The molecule has 4 nitrogen and oxygen atoms in total. The third-order valence-corrected chi connectivity index (χ3v) is 3.57. The second-order valence-electron chi connectivity index (χ2n) is 4.78. The van der Waals surface area contributed by atoms with Gasteiger partial charge in [-0.25, -0.2) is 0 Å². The van der Waals surface area contributed by atoms with Crippen molar-refractivity contribution in [1.29, 1.82) is 0 Å². The first-order valence-electron chi connectivity index (χ1n) is 7.46. The minimum Gasteiger partial charge on any atom is -0.492 e. The molecule has 1 rings (SSSR count). The van der Waals surface area contributed by atoms with Crippen LogP contribution in [0.25, 0.3) is 0 Å². The maximum absolute atomic E-state index is 6.28. The molecule has 0 amide bonds. The molecule has 0 spiro atoms. The Kier molecular flexibility index (Phi) is 7.23. The largest absolute Gasteiger partial charge is 0.492 e. The van der Waals surface area contributed by atoms with Gasteiger partial charge in [0.05, 0.1) is 24.6 Å². The molecular formula is C16H28N2O2. The molecule has 0 unspecified atom stereocenters. The summed E-state index contributed by atoms with van der Waals surface area (Å²) in [5, 5.41) is 0. The van der Waals surface area contributed by atoms with Crippen LogP contribution in [0.2, 0.25) is 0 Å². The number of anilines is 2. The summed E-state index contributed by atoms with van der Waals surface area (Å²) in [7, 11) is 1.73. The number of hydrogen-bond acceptors (Lipinski definition) is 4. The molecule has 0 saturated heterocycles. The van der Waals surface area contributed by atoms with Gasteiger partial charge in [0.25, 0.3) is 0 Å². The van der Waals surface area contributed by atoms with Gasteiger partial charge in [0.1, 0.15) is 5.75 Å². The lowest BCUT2D eigenvalue weighted by Gasteiger charge is -2.33. The Balaban J connectivity index is 3.08. The van der Waals surface area contributed by atoms with Gasteiger partial charge >= 0.3 is 0 Å². The molecule has 0 bridgehead atoms. The van der Waals surface area contributed by atoms with Crippen molar-refractivity contribution in [3.63, 3.8) is 0 Å². The van der Waals surface area contributed by atoms with Gasteiger partial charge in [-0.3, -0.25) is 0 Å². The minimum absolute atomic E-state index is 0.462. The van der Waals surface area contributed by atoms with Crippen molar-refractivity contribution in [3.05, 3.63) is 18.2 Å². The molecule has 114 valence electrons. The van der Waals surface area contributed by atoms with E-state index in [2.05, 4.69) is 24.8 Å². The van der Waals surface area contributed by atoms with Gasteiger partial charge in [0.15, 0.2) is 0 Å². The molecule has 1 aromatic rings. The first-order chi connectivity index (χ1) is 9.69. The highest BCUT2D eigenvalue weighted by Gasteiger charge is 2.19. The molecule has 20 heavy (non-hydrogen) atoms. The topological polar surface area (TPSA) is 47.7 Å². The van der Waals surface area contributed by atoms with E-state index >= 15 is 0 Å². The number of hydrogen-bond donors (Lipinski definition) is 1. The van der Waals surface area contributed by atoms with Crippen LogP contribution < -0.4 is 15.4 Å². The van der Waals surface area contributed by atoms with Crippen LogP contribution in [0.1, 0.15) is 33.6 Å². The van der Waals surface area contributed by atoms with Crippen molar-refractivity contribution < 1.29 is 9.47 Å². The Morgan fingerprint density at radius 3 is 2.45 bits per heavy atom. The molecule has 0 aliphatic carbocycles. The summed E-state index contributed by atoms with van der Waals surface area (Å²) in [4.78, 5) is 2.33. The zero-order valence-corrected chi connectivity index (χ0v) is 13.2. The average molecular weight is 280 g/mol. The highest BCUT2D eigenvalue weighted by Crippen LogP contribution is 2.34. The van der Waals surface area contributed by atoms with Gasteiger partial charge < -0.3 is 20.1 Å². The van der Waals surface area contributed by atoms with Crippen LogP contribution in [0.5, 0.6) is 5.75 Å². The van der Waals surface area contributed by atoms with Crippen LogP contribution in [-0.2, 0) is 4.74 Å². The number of benzene rings is 1. The number of ether oxygens (including phenoxy) is 2. The molecule has 0 radical (unpaired) electrons. The van der Waals surface area contributed by atoms with E-state index in [-0.39, 0.29) is 0 Å². The van der Waals surface area contributed by atoms with E-state index in [0.29, 0.717) is 19.3 Å². The third-order valence-electron chi connectivity index (χ3n) is 3.57. The van der Waals surface area contributed by atoms with Crippen molar-refractivity contribution in [1.82, 2.24) is 0 Å². The maximum Gasteiger partial charge on any atom is 0.144 e. The Morgan fingerprint density at radius 1 is 1.20 bits per heavy atom. The van der Waals surface area contributed by atoms with E-state index in [9.17, 15) is 0 Å². The molecule has 0 saturated carbocycles. The average Bonchev–Trinajstić information content (AvgIpc) is 2.46. The van der Waals surface area contributed by atoms with E-state index in [4.69, 9.17) is 15.2 Å². The molecular weight excluding hydrogens is 252 g/mol. The number of para-hydroxylation sites is 1. The van der Waals surface area contributed by atoms with E-state index in [1.165, 1.54) is 0 Å². The van der Waals surface area contributed by atoms with E-state index in [1.54, 1.807) is 7.11 Å². The Labute approximate surface area is 122 Å². The van der Waals surface area contributed by atoms with Crippen LogP contribution >= 0.6 is 0 Å². The lowest BCUT2D eigenvalue weighted by atomic mass is 10.1. The van der Waals surface area contributed by atoms with E-state index in [0.717, 1.165) is 36.5 Å². The van der Waals surface area contributed by atoms with Crippen LogP contribution in [0, 0.1) is 0 Å². The molecule has 0 aliphatic rings. The lowest BCUT2D eigenvalue weighted by molar-refractivity contribution is 0.202. The SMILES string of the molecule is CCOc1cccc(N(CCOC)C(CC)CC)c1N. The molecule has 0 atom stereocenters. The molecule has 0 aliphatic heterocycles. The van der Waals surface area contributed by atoms with Crippen LogP contribution in [0.4, 0.5) is 11.4 Å². The summed E-state index contributed by atoms with van der Waals surface area (Å²) >= 11 is 0. The lowest BCUT2D eigenvalue weighted by Crippen LogP contribution is -2.37. The Bertz CT molecular complexity index is 392. The fourth-order valence-electron chi connectivity index (χ4n) is 2.48. The number of nitrogens with zero attached hydrogens (tertiary/aromatic N) is 1. The summed E-state index contributed by atoms with van der Waals surface area (Å²) in [6.45, 7) is 8.52. The monoisotopic (exact) mass is 280 g/mol. The fourth-order valence-corrected chi connectivity index (χ4v) is 2.48. The summed E-state index contributed by atoms with van der Waals surface area (Å²) < 4.78 is 10.8. The van der Waals surface area contributed by atoms with E-state index < -0.39 is 0 Å². The van der Waals surface area contributed by atoms with Gasteiger partial charge in [-0.1, -0.05) is 19.9 Å². The predicted molar refractivity (Wildman–Crippen MR) is 85.6 cm³/mol. The maximum atomic E-state index is 6.28. The van der Waals surface area contributed by atoms with E-state index in [1.807, 2.05) is 19.1 Å². The second-order valence-corrected chi connectivity index (χ2v) is 4.78. The van der Waals surface area contributed by atoms with Gasteiger partial charge in [-0.15, -0.1) is 0 Å². The van der Waals surface area contributed by atoms with Crippen LogP contribution in [0.3, 0.4) is 0 Å². The van der Waals surface area contributed by atoms with Crippen molar-refractivity contribution >= 4 is 11.4 Å². The van der Waals surface area contributed by atoms with Crippen molar-refractivity contribution in [2.75, 3.05) is 37.5 Å². The van der Waals surface area contributed by atoms with Gasteiger partial charge in [0.2, 0.25) is 0 Å². The summed E-state index contributed by atoms with van der Waals surface area (Å²) in [5.74, 6) is 0.762. The first-order valence-corrected chi connectivity index (χ1v) is 7.46. The molecule has 0 fully saturated rings. The molecule has 1 aromatic carbocycles. The summed E-state index contributed by atoms with van der Waals surface area (Å²) in [6, 6.07) is 6.44. The summed E-state index contributed by atoms with van der Waals surface area (Å²) in [6.07, 6.45) is 2.16.